The van der Waals surface area contributed by atoms with Crippen molar-refractivity contribution in [2.24, 2.45) is 11.3 Å². The van der Waals surface area contributed by atoms with E-state index in [9.17, 15) is 20.0 Å². The molecule has 0 fully saturated rings. The fourth-order valence-corrected chi connectivity index (χ4v) is 6.57. The number of amides is 2. The molecule has 3 aliphatic heterocycles. The summed E-state index contributed by atoms with van der Waals surface area (Å²) < 4.78 is 34.0. The Morgan fingerprint density at radius 3 is 2.66 bits per heavy atom. The maximum atomic E-state index is 15.1. The molecule has 2 aromatic carbocycles. The van der Waals surface area contributed by atoms with Gasteiger partial charge in [-0.1, -0.05) is 46.8 Å². The minimum absolute atomic E-state index is 0.00389. The Balaban J connectivity index is 1.51. The van der Waals surface area contributed by atoms with E-state index in [4.69, 9.17) is 18.6 Å². The summed E-state index contributed by atoms with van der Waals surface area (Å²) in [6.45, 7) is 9.09. The van der Waals surface area contributed by atoms with Crippen LogP contribution in [0.2, 0.25) is 0 Å². The lowest BCUT2D eigenvalue weighted by molar-refractivity contribution is -0.136. The number of fused-ring (bicyclic) bond motifs is 4. The number of rotatable bonds is 4. The van der Waals surface area contributed by atoms with E-state index < -0.39 is 52.9 Å². The van der Waals surface area contributed by atoms with Crippen molar-refractivity contribution < 1.29 is 32.7 Å². The van der Waals surface area contributed by atoms with Crippen LogP contribution < -0.4 is 20.7 Å². The van der Waals surface area contributed by atoms with Crippen LogP contribution in [0.4, 0.5) is 10.1 Å². The van der Waals surface area contributed by atoms with E-state index in [2.05, 4.69) is 20.9 Å². The second-order valence-corrected chi connectivity index (χ2v) is 13.6. The largest absolute Gasteiger partial charge is 0.469 e. The first kappa shape index (κ1) is 30.4. The molecule has 4 bridgehead atoms. The molecule has 2 aromatic heterocycles. The summed E-state index contributed by atoms with van der Waals surface area (Å²) in [4.78, 5) is 36.3. The SMILES string of the molecule is CC(C)[C@H](O)C(=O)N[C@H]1Cc2ccc3c(c2)C2(c4cc(F)ccc4NC2O3)c2oc(nc2-c2nc(C#N)co2)C(C(C)(C)C)NC1=O. The van der Waals surface area contributed by atoms with Gasteiger partial charge in [-0.3, -0.25) is 9.59 Å². The topological polar surface area (TPSA) is 176 Å². The second kappa shape index (κ2) is 10.7. The molecule has 5 heterocycles. The van der Waals surface area contributed by atoms with Crippen molar-refractivity contribution in [3.05, 3.63) is 82.5 Å². The molecule has 13 heteroatoms. The zero-order valence-electron chi connectivity index (χ0n) is 26.3. The first-order chi connectivity index (χ1) is 22.3. The van der Waals surface area contributed by atoms with Gasteiger partial charge in [0.05, 0.1) is 0 Å². The molecule has 242 valence electrons. The fraction of sp³-hybridized carbons (Fsp3) is 0.382. The number of oxazole rings is 2. The molecule has 47 heavy (non-hydrogen) atoms. The van der Waals surface area contributed by atoms with Gasteiger partial charge in [0.25, 0.3) is 0 Å². The Labute approximate surface area is 269 Å². The normalized spacial score (nSPS) is 23.3. The van der Waals surface area contributed by atoms with Crippen molar-refractivity contribution in [1.29, 1.82) is 5.26 Å². The van der Waals surface area contributed by atoms with Crippen molar-refractivity contribution in [2.45, 2.75) is 70.9 Å². The van der Waals surface area contributed by atoms with E-state index in [1.54, 1.807) is 32.0 Å². The van der Waals surface area contributed by atoms with Crippen molar-refractivity contribution in [3.8, 4) is 23.4 Å². The van der Waals surface area contributed by atoms with Crippen LogP contribution >= 0.6 is 0 Å². The molecule has 7 rings (SSSR count). The van der Waals surface area contributed by atoms with Gasteiger partial charge in [-0.2, -0.15) is 10.2 Å². The van der Waals surface area contributed by atoms with Crippen LogP contribution in [0.1, 0.15) is 74.7 Å². The van der Waals surface area contributed by atoms with Crippen LogP contribution in [0.25, 0.3) is 11.6 Å². The average molecular weight is 641 g/mol. The first-order valence-corrected chi connectivity index (χ1v) is 15.3. The van der Waals surface area contributed by atoms with E-state index in [0.717, 1.165) is 0 Å². The lowest BCUT2D eigenvalue weighted by atomic mass is 9.72. The number of hydrogen-bond acceptors (Lipinski definition) is 10. The molecule has 0 radical (unpaired) electrons. The van der Waals surface area contributed by atoms with Gasteiger partial charge in [0.15, 0.2) is 23.4 Å². The molecule has 5 atom stereocenters. The Morgan fingerprint density at radius 2 is 1.96 bits per heavy atom. The lowest BCUT2D eigenvalue weighted by Crippen LogP contribution is -2.53. The summed E-state index contributed by atoms with van der Waals surface area (Å²) >= 11 is 0. The minimum Gasteiger partial charge on any atom is -0.469 e. The van der Waals surface area contributed by atoms with Crippen molar-refractivity contribution >= 4 is 17.5 Å². The van der Waals surface area contributed by atoms with Gasteiger partial charge in [-0.15, -0.1) is 0 Å². The fourth-order valence-electron chi connectivity index (χ4n) is 6.57. The van der Waals surface area contributed by atoms with Crippen LogP contribution in [0.15, 0.2) is 51.5 Å². The number of nitriles is 1. The molecular formula is C34H33FN6O6. The number of ether oxygens (including phenoxy) is 1. The molecule has 4 N–H and O–H groups in total. The molecular weight excluding hydrogens is 607 g/mol. The third kappa shape index (κ3) is 4.74. The number of aliphatic hydroxyl groups excluding tert-OH is 1. The summed E-state index contributed by atoms with van der Waals surface area (Å²) in [5.41, 5.74) is 0.576. The van der Waals surface area contributed by atoms with Crippen LogP contribution in [-0.4, -0.2) is 45.3 Å². The summed E-state index contributed by atoms with van der Waals surface area (Å²) in [5.74, 6) is -1.24. The van der Waals surface area contributed by atoms with Crippen LogP contribution in [-0.2, 0) is 21.4 Å². The monoisotopic (exact) mass is 640 g/mol. The highest BCUT2D eigenvalue weighted by Crippen LogP contribution is 2.59. The van der Waals surface area contributed by atoms with Crippen LogP contribution in [0.5, 0.6) is 5.75 Å². The number of carbonyl (C=O) groups is 2. The maximum Gasteiger partial charge on any atom is 0.250 e. The van der Waals surface area contributed by atoms with E-state index in [0.29, 0.717) is 28.1 Å². The van der Waals surface area contributed by atoms with Crippen molar-refractivity contribution in [3.63, 3.8) is 0 Å². The van der Waals surface area contributed by atoms with E-state index in [1.165, 1.54) is 18.4 Å². The zero-order chi connectivity index (χ0) is 33.4. The maximum absolute atomic E-state index is 15.1. The molecule has 12 nitrogen and oxygen atoms in total. The quantitative estimate of drug-likeness (QED) is 0.254. The second-order valence-electron chi connectivity index (χ2n) is 13.6. The number of carbonyl (C=O) groups excluding carboxylic acids is 2. The van der Waals surface area contributed by atoms with E-state index >= 15 is 4.39 Å². The molecule has 4 aromatic rings. The Bertz CT molecular complexity index is 1970. The summed E-state index contributed by atoms with van der Waals surface area (Å²) in [7, 11) is 0. The number of benzene rings is 2. The van der Waals surface area contributed by atoms with Crippen molar-refractivity contribution in [2.75, 3.05) is 5.32 Å². The van der Waals surface area contributed by atoms with Crippen molar-refractivity contribution in [1.82, 2.24) is 20.6 Å². The highest BCUT2D eigenvalue weighted by Gasteiger charge is 2.61. The Morgan fingerprint density at radius 1 is 1.17 bits per heavy atom. The standard InChI is InChI=1S/C34H33FN6O6/c1-15(2)25(42)29(44)38-22-11-16-6-9-23-20(10-16)34(19-12-17(35)7-8-21(19)39-32(34)46-23)27-24(30-37-18(13-36)14-45-30)40-31(47-27)26(33(3,4)5)41-28(22)43/h6-10,12,14-15,22,25-26,32,39,42H,11H2,1-5H3,(H,38,44)(H,41,43)/t22-,25-,26?,32?,34?/m0/s1. The molecule has 0 saturated heterocycles. The molecule has 2 amide bonds. The summed E-state index contributed by atoms with van der Waals surface area (Å²) in [5, 5.41) is 29.2. The first-order valence-electron chi connectivity index (χ1n) is 15.3. The van der Waals surface area contributed by atoms with Gasteiger partial charge < -0.3 is 34.6 Å². The van der Waals surface area contributed by atoms with Gasteiger partial charge in [-0.05, 0) is 41.2 Å². The van der Waals surface area contributed by atoms with Gasteiger partial charge >= 0.3 is 0 Å². The van der Waals surface area contributed by atoms with E-state index in [-0.39, 0.29) is 41.3 Å². The van der Waals surface area contributed by atoms with Gasteiger partial charge in [0.1, 0.15) is 47.5 Å². The third-order valence-corrected chi connectivity index (χ3v) is 9.00. The predicted molar refractivity (Wildman–Crippen MR) is 164 cm³/mol. The molecule has 3 unspecified atom stereocenters. The number of nitrogens with one attached hydrogen (secondary N) is 3. The number of nitrogens with zero attached hydrogens (tertiary/aromatic N) is 3. The number of aromatic nitrogens is 2. The molecule has 0 aliphatic carbocycles. The van der Waals surface area contributed by atoms with Crippen LogP contribution in [0.3, 0.4) is 0 Å². The van der Waals surface area contributed by atoms with Gasteiger partial charge in [0, 0.05) is 23.2 Å². The Hall–Kier alpha value is -5.22. The van der Waals surface area contributed by atoms with Gasteiger partial charge in [0.2, 0.25) is 23.6 Å². The van der Waals surface area contributed by atoms with Crippen LogP contribution in [0, 0.1) is 28.5 Å². The predicted octanol–water partition coefficient (Wildman–Crippen LogP) is 4.08. The third-order valence-electron chi connectivity index (χ3n) is 9.00. The van der Waals surface area contributed by atoms with Gasteiger partial charge in [-0.25, -0.2) is 9.37 Å². The number of hydrogen-bond donors (Lipinski definition) is 4. The highest BCUT2D eigenvalue weighted by molar-refractivity contribution is 5.90. The average Bonchev–Trinajstić information content (AvgIpc) is 3.79. The number of halogens is 1. The smallest absolute Gasteiger partial charge is 0.250 e. The highest BCUT2D eigenvalue weighted by atomic mass is 19.1. The minimum atomic E-state index is -1.33. The molecule has 3 aliphatic rings. The summed E-state index contributed by atoms with van der Waals surface area (Å²) in [6.07, 6.45) is -0.860. The molecule has 0 saturated carbocycles. The Kier molecular flexibility index (Phi) is 6.91. The molecule has 1 spiro atoms. The number of aliphatic hydroxyl groups is 1. The summed E-state index contributed by atoms with van der Waals surface area (Å²) in [6, 6.07) is 9.80. The van der Waals surface area contributed by atoms with E-state index in [1.807, 2.05) is 32.9 Å². The number of anilines is 1. The zero-order valence-corrected chi connectivity index (χ0v) is 26.3. The lowest BCUT2D eigenvalue weighted by Gasteiger charge is -2.32.